The van der Waals surface area contributed by atoms with Crippen molar-refractivity contribution in [2.45, 2.75) is 13.3 Å². The number of aryl methyl sites for hydroxylation is 1. The fourth-order valence-corrected chi connectivity index (χ4v) is 5.31. The lowest BCUT2D eigenvalue weighted by molar-refractivity contribution is 0.00340. The number of fused-ring (bicyclic) bond motifs is 1. The van der Waals surface area contributed by atoms with E-state index in [2.05, 4.69) is 0 Å². The van der Waals surface area contributed by atoms with E-state index < -0.39 is 10.0 Å². The van der Waals surface area contributed by atoms with Crippen molar-refractivity contribution < 1.29 is 22.7 Å². The van der Waals surface area contributed by atoms with E-state index in [0.29, 0.717) is 38.3 Å². The molecule has 3 rings (SSSR count). The van der Waals surface area contributed by atoms with Crippen LogP contribution in [-0.4, -0.2) is 76.8 Å². The number of carbonyl (C=O) groups excluding carboxylic acids is 1. The number of ether oxygens (including phenoxy) is 2. The summed E-state index contributed by atoms with van der Waals surface area (Å²) in [6, 6.07) is 5.44. The normalized spacial score (nSPS) is 26.1. The monoisotopic (exact) mass is 396 g/mol. The standard InChI is InChI=1S/C19H28N2O5S/c1-14-9-16(26-3)5-6-17(14)18(22)20-8-7-19(13-25-2)12-21(27(4,23)24)11-15(19)10-20/h5-6,9,15H,7-8,10-13H2,1-4H3/t15-,19+/m1/s1. The maximum absolute atomic E-state index is 13.1. The topological polar surface area (TPSA) is 76.2 Å². The van der Waals surface area contributed by atoms with Crippen LogP contribution in [0.3, 0.4) is 0 Å². The maximum atomic E-state index is 13.1. The molecule has 2 aliphatic heterocycles. The molecule has 7 nitrogen and oxygen atoms in total. The van der Waals surface area contributed by atoms with Crippen LogP contribution in [0, 0.1) is 18.3 Å². The molecule has 0 bridgehead atoms. The van der Waals surface area contributed by atoms with Gasteiger partial charge in [0.15, 0.2) is 0 Å². The molecule has 2 saturated heterocycles. The number of hydrogen-bond donors (Lipinski definition) is 0. The van der Waals surface area contributed by atoms with Crippen molar-refractivity contribution in [3.8, 4) is 5.75 Å². The van der Waals surface area contributed by atoms with E-state index in [9.17, 15) is 13.2 Å². The first-order valence-corrected chi connectivity index (χ1v) is 10.9. The van der Waals surface area contributed by atoms with Crippen molar-refractivity contribution >= 4 is 15.9 Å². The molecule has 0 spiro atoms. The van der Waals surface area contributed by atoms with E-state index in [1.807, 2.05) is 17.9 Å². The predicted molar refractivity (Wildman–Crippen MR) is 102 cm³/mol. The predicted octanol–water partition coefficient (Wildman–Crippen LogP) is 1.37. The van der Waals surface area contributed by atoms with Crippen LogP contribution in [0.25, 0.3) is 0 Å². The molecule has 1 aromatic rings. The highest BCUT2D eigenvalue weighted by Gasteiger charge is 2.52. The summed E-state index contributed by atoms with van der Waals surface area (Å²) in [4.78, 5) is 14.9. The van der Waals surface area contributed by atoms with E-state index in [1.165, 1.54) is 10.6 Å². The molecule has 2 aliphatic rings. The molecule has 0 radical (unpaired) electrons. The minimum absolute atomic E-state index is 0.0148. The third kappa shape index (κ3) is 3.83. The van der Waals surface area contributed by atoms with Crippen LogP contribution in [0.1, 0.15) is 22.3 Å². The molecular formula is C19H28N2O5S. The SMILES string of the molecule is COC[C@@]12CCN(C(=O)c3ccc(OC)cc3C)C[C@@H]1CN(S(C)(=O)=O)C2. The van der Waals surface area contributed by atoms with E-state index >= 15 is 0 Å². The number of sulfonamides is 1. The maximum Gasteiger partial charge on any atom is 0.254 e. The number of amides is 1. The lowest BCUT2D eigenvalue weighted by Crippen LogP contribution is -2.51. The van der Waals surface area contributed by atoms with Gasteiger partial charge >= 0.3 is 0 Å². The minimum atomic E-state index is -3.26. The number of rotatable bonds is 5. The summed E-state index contributed by atoms with van der Waals surface area (Å²) in [5, 5.41) is 0. The molecule has 0 unspecified atom stereocenters. The Morgan fingerprint density at radius 1 is 1.30 bits per heavy atom. The number of hydrogen-bond acceptors (Lipinski definition) is 5. The number of carbonyl (C=O) groups is 1. The Morgan fingerprint density at radius 2 is 2.04 bits per heavy atom. The van der Waals surface area contributed by atoms with Gasteiger partial charge in [0.25, 0.3) is 5.91 Å². The van der Waals surface area contributed by atoms with Gasteiger partial charge in [-0.25, -0.2) is 12.7 Å². The number of methoxy groups -OCH3 is 2. The Labute approximate surface area is 161 Å². The average Bonchev–Trinajstić information content (AvgIpc) is 3.00. The molecular weight excluding hydrogens is 368 g/mol. The average molecular weight is 397 g/mol. The van der Waals surface area contributed by atoms with Gasteiger partial charge in [-0.05, 0) is 43.0 Å². The molecule has 150 valence electrons. The second-order valence-electron chi connectivity index (χ2n) is 7.73. The Morgan fingerprint density at radius 3 is 2.63 bits per heavy atom. The van der Waals surface area contributed by atoms with Crippen molar-refractivity contribution in [3.05, 3.63) is 29.3 Å². The highest BCUT2D eigenvalue weighted by atomic mass is 32.2. The van der Waals surface area contributed by atoms with Gasteiger partial charge in [0.1, 0.15) is 5.75 Å². The zero-order valence-corrected chi connectivity index (χ0v) is 17.2. The van der Waals surface area contributed by atoms with Crippen molar-refractivity contribution in [2.24, 2.45) is 11.3 Å². The summed E-state index contributed by atoms with van der Waals surface area (Å²) < 4.78 is 36.3. The number of piperidine rings is 1. The van der Waals surface area contributed by atoms with Gasteiger partial charge in [0.2, 0.25) is 10.0 Å². The number of likely N-dealkylation sites (tertiary alicyclic amines) is 1. The Balaban J connectivity index is 1.81. The molecule has 0 N–H and O–H groups in total. The third-order valence-corrected chi connectivity index (χ3v) is 7.17. The highest BCUT2D eigenvalue weighted by molar-refractivity contribution is 7.88. The highest BCUT2D eigenvalue weighted by Crippen LogP contribution is 2.44. The Kier molecular flexibility index (Phi) is 5.52. The van der Waals surface area contributed by atoms with Gasteiger partial charge in [-0.15, -0.1) is 0 Å². The van der Waals surface area contributed by atoms with Crippen LogP contribution in [0.2, 0.25) is 0 Å². The van der Waals surface area contributed by atoms with Crippen molar-refractivity contribution in [1.82, 2.24) is 9.21 Å². The van der Waals surface area contributed by atoms with Gasteiger partial charge < -0.3 is 14.4 Å². The quantitative estimate of drug-likeness (QED) is 0.751. The summed E-state index contributed by atoms with van der Waals surface area (Å²) >= 11 is 0. The Hall–Kier alpha value is -1.64. The van der Waals surface area contributed by atoms with Crippen molar-refractivity contribution in [1.29, 1.82) is 0 Å². The second kappa shape index (κ2) is 7.41. The van der Waals surface area contributed by atoms with Crippen LogP contribution < -0.4 is 4.74 Å². The van der Waals surface area contributed by atoms with Gasteiger partial charge in [-0.3, -0.25) is 4.79 Å². The zero-order chi connectivity index (χ0) is 19.8. The summed E-state index contributed by atoms with van der Waals surface area (Å²) in [5.41, 5.74) is 1.31. The van der Waals surface area contributed by atoms with Crippen LogP contribution >= 0.6 is 0 Å². The smallest absolute Gasteiger partial charge is 0.254 e. The van der Waals surface area contributed by atoms with E-state index in [4.69, 9.17) is 9.47 Å². The van der Waals surface area contributed by atoms with Crippen molar-refractivity contribution in [2.75, 3.05) is 53.3 Å². The Bertz CT molecular complexity index is 825. The third-order valence-electron chi connectivity index (χ3n) is 5.95. The molecule has 0 saturated carbocycles. The first-order chi connectivity index (χ1) is 12.7. The van der Waals surface area contributed by atoms with Gasteiger partial charge in [-0.1, -0.05) is 0 Å². The molecule has 2 atom stereocenters. The molecule has 2 fully saturated rings. The molecule has 0 aromatic heterocycles. The number of nitrogens with zero attached hydrogens (tertiary/aromatic N) is 2. The molecule has 2 heterocycles. The van der Waals surface area contributed by atoms with E-state index in [0.717, 1.165) is 17.7 Å². The lowest BCUT2D eigenvalue weighted by Gasteiger charge is -2.43. The zero-order valence-electron chi connectivity index (χ0n) is 16.4. The molecule has 0 aliphatic carbocycles. The molecule has 27 heavy (non-hydrogen) atoms. The first kappa shape index (κ1) is 20.1. The lowest BCUT2D eigenvalue weighted by atomic mass is 9.73. The van der Waals surface area contributed by atoms with E-state index in [-0.39, 0.29) is 17.2 Å². The van der Waals surface area contributed by atoms with Gasteiger partial charge in [0, 0.05) is 44.3 Å². The first-order valence-electron chi connectivity index (χ1n) is 9.08. The minimum Gasteiger partial charge on any atom is -0.497 e. The largest absolute Gasteiger partial charge is 0.497 e. The van der Waals surface area contributed by atoms with Crippen LogP contribution in [-0.2, 0) is 14.8 Å². The second-order valence-corrected chi connectivity index (χ2v) is 9.71. The summed E-state index contributed by atoms with van der Waals surface area (Å²) in [6.07, 6.45) is 1.98. The molecule has 8 heteroatoms. The van der Waals surface area contributed by atoms with Crippen LogP contribution in [0.4, 0.5) is 0 Å². The van der Waals surface area contributed by atoms with Crippen molar-refractivity contribution in [3.63, 3.8) is 0 Å². The summed E-state index contributed by atoms with van der Waals surface area (Å²) in [6.45, 7) is 4.45. The fraction of sp³-hybridized carbons (Fsp3) is 0.632. The summed E-state index contributed by atoms with van der Waals surface area (Å²) in [7, 11) is -0.0140. The fourth-order valence-electron chi connectivity index (χ4n) is 4.37. The molecule has 1 aromatic carbocycles. The summed E-state index contributed by atoms with van der Waals surface area (Å²) in [5.74, 6) is 0.781. The van der Waals surface area contributed by atoms with Crippen LogP contribution in [0.15, 0.2) is 18.2 Å². The van der Waals surface area contributed by atoms with Gasteiger partial charge in [0.05, 0.1) is 20.0 Å². The van der Waals surface area contributed by atoms with E-state index in [1.54, 1.807) is 26.4 Å². The molecule has 1 amide bonds. The van der Waals surface area contributed by atoms with Crippen LogP contribution in [0.5, 0.6) is 5.75 Å². The number of benzene rings is 1. The van der Waals surface area contributed by atoms with Gasteiger partial charge in [-0.2, -0.15) is 0 Å².